The number of hydrogen-bond acceptors (Lipinski definition) is 15. The molecule has 7 amide bonds. The molecule has 7 aliphatic rings. The van der Waals surface area contributed by atoms with Gasteiger partial charge in [0.2, 0.25) is 41.4 Å². The van der Waals surface area contributed by atoms with Gasteiger partial charge in [-0.25, -0.2) is 4.79 Å². The van der Waals surface area contributed by atoms with E-state index in [9.17, 15) is 53.7 Å². The van der Waals surface area contributed by atoms with Crippen molar-refractivity contribution in [2.75, 3.05) is 26.3 Å². The third-order valence-corrected chi connectivity index (χ3v) is 13.1. The largest absolute Gasteiger partial charge is 0.480 e. The fourth-order valence-electron chi connectivity index (χ4n) is 9.47. The van der Waals surface area contributed by atoms with Gasteiger partial charge in [0.1, 0.15) is 48.5 Å². The Morgan fingerprint density at radius 1 is 0.886 bits per heavy atom. The zero-order valence-electron chi connectivity index (χ0n) is 38.0. The molecule has 1 saturated heterocycles. The van der Waals surface area contributed by atoms with Crippen LogP contribution in [0.5, 0.6) is 0 Å². The highest BCUT2D eigenvalue weighted by atomic mass is 16.5. The number of aliphatic hydroxyl groups excluding tert-OH is 2. The Labute approximate surface area is 401 Å². The van der Waals surface area contributed by atoms with Gasteiger partial charge in [0.25, 0.3) is 0 Å². The van der Waals surface area contributed by atoms with Crippen molar-refractivity contribution in [1.82, 2.24) is 42.5 Å². The standard InChI is InChI=1S/C47H59N11O12/c48-13-5-9-25-23-11-12-27-28(19-51-30(27)16-23)40-39(58-42(63)31(17-36(50)61)53-41(62)29(49)15-24-18-52-37-26(24)8-4-10-35(37)70-40)46(67)56-34(21-60)44(65)57-38(25)45(66)55-33(20-59)43(64)54-32(47(68)69)14-22-6-2-1-3-7-22/h1-4,6-8,10-12,16,18,23,25,29,31-35,37-40,51-52,59-60H,5,9,13-15,17,19-21,48-49H2,(H2,50,61)(H,53,62)(H,54,64)(H,55,66)(H,56,67)(H,57,65)(H,58,63)(H,68,69)/t23-,25+,29+,31+,32+,33+,34+,35-,37?,38+,39+,40-/m1/s1. The van der Waals surface area contributed by atoms with Crippen LogP contribution in [0.1, 0.15) is 31.2 Å². The van der Waals surface area contributed by atoms with Crippen LogP contribution in [0.25, 0.3) is 0 Å². The topological polar surface area (TPSA) is 381 Å². The van der Waals surface area contributed by atoms with Gasteiger partial charge in [-0.3, -0.25) is 33.6 Å². The Bertz CT molecular complexity index is 2440. The number of carboxylic acids is 1. The first-order valence-electron chi connectivity index (χ1n) is 23.0. The smallest absolute Gasteiger partial charge is 0.326 e. The van der Waals surface area contributed by atoms with Crippen LogP contribution in [0.2, 0.25) is 0 Å². The summed E-state index contributed by atoms with van der Waals surface area (Å²) in [6, 6.07) is -3.08. The third kappa shape index (κ3) is 11.5. The zero-order valence-corrected chi connectivity index (χ0v) is 38.0. The maximum Gasteiger partial charge on any atom is 0.326 e. The van der Waals surface area contributed by atoms with Crippen LogP contribution in [-0.4, -0.2) is 149 Å². The second-order valence-electron chi connectivity index (χ2n) is 17.8. The molecule has 8 bridgehead atoms. The lowest BCUT2D eigenvalue weighted by molar-refractivity contribution is -0.142. The number of benzene rings is 1. The van der Waals surface area contributed by atoms with E-state index in [-0.39, 0.29) is 32.4 Å². The van der Waals surface area contributed by atoms with E-state index < -0.39 is 139 Å². The van der Waals surface area contributed by atoms with Crippen LogP contribution >= 0.6 is 0 Å². The molecule has 374 valence electrons. The Hall–Kier alpha value is -7.18. The van der Waals surface area contributed by atoms with E-state index in [1.807, 2.05) is 12.2 Å². The van der Waals surface area contributed by atoms with Crippen LogP contribution in [0, 0.1) is 11.8 Å². The lowest BCUT2D eigenvalue weighted by Gasteiger charge is -2.37. The number of allylic oxidation sites excluding steroid dienone is 5. The average molecular weight is 970 g/mol. The maximum atomic E-state index is 14.9. The molecule has 17 N–H and O–H groups in total. The van der Waals surface area contributed by atoms with E-state index >= 15 is 0 Å². The van der Waals surface area contributed by atoms with Crippen LogP contribution in [-0.2, 0) is 49.5 Å². The summed E-state index contributed by atoms with van der Waals surface area (Å²) in [6.45, 7) is -1.77. The molecular weight excluding hydrogens is 911 g/mol. The molecule has 0 saturated carbocycles. The van der Waals surface area contributed by atoms with Gasteiger partial charge in [-0.1, -0.05) is 66.8 Å². The molecule has 0 spiro atoms. The van der Waals surface area contributed by atoms with E-state index in [1.165, 1.54) is 0 Å². The molecule has 70 heavy (non-hydrogen) atoms. The second kappa shape index (κ2) is 22.5. The number of nitrogens with two attached hydrogens (primary N) is 3. The van der Waals surface area contributed by atoms with Crippen LogP contribution in [0.4, 0.5) is 0 Å². The third-order valence-electron chi connectivity index (χ3n) is 13.1. The van der Waals surface area contributed by atoms with Gasteiger partial charge in [0, 0.05) is 36.4 Å². The minimum atomic E-state index is -1.80. The monoisotopic (exact) mass is 969 g/mol. The number of primary amides is 1. The summed E-state index contributed by atoms with van der Waals surface area (Å²) in [7, 11) is 0. The Morgan fingerprint density at radius 3 is 2.33 bits per heavy atom. The zero-order chi connectivity index (χ0) is 50.2. The van der Waals surface area contributed by atoms with Crippen molar-refractivity contribution in [2.45, 2.75) is 92.6 Å². The van der Waals surface area contributed by atoms with Gasteiger partial charge >= 0.3 is 5.97 Å². The fraction of sp³-hybridized carbons (Fsp3) is 0.447. The van der Waals surface area contributed by atoms with Crippen molar-refractivity contribution >= 4 is 47.3 Å². The van der Waals surface area contributed by atoms with E-state index in [0.29, 0.717) is 34.4 Å². The number of carbonyl (C=O) groups is 8. The number of rotatable bonds is 14. The van der Waals surface area contributed by atoms with Crippen LogP contribution in [0.3, 0.4) is 0 Å². The van der Waals surface area contributed by atoms with Gasteiger partial charge in [-0.05, 0) is 54.0 Å². The Kier molecular flexibility index (Phi) is 16.3. The SMILES string of the molecule is NCCC[C@H]1[C@@H]2C=CC3=C(CNC3=C2)[C@H]2O[C@@H]3C=CC=C4C(=CNC43)C[C@H](N)C(=O)N[C@@H](CC(N)=O)C(=O)N[C@@H]2C(=O)N[C@@H](CO)C(=O)N[C@@H]1C(=O)N[C@@H](CO)C(=O)N[C@@H](Cc1ccccc1)C(=O)O. The van der Waals surface area contributed by atoms with Crippen molar-refractivity contribution in [3.63, 3.8) is 0 Å². The summed E-state index contributed by atoms with van der Waals surface area (Å²) in [5, 5.41) is 52.8. The molecule has 23 nitrogen and oxygen atoms in total. The summed E-state index contributed by atoms with van der Waals surface area (Å²) in [4.78, 5) is 110. The molecule has 1 fully saturated rings. The Balaban J connectivity index is 1.27. The molecule has 0 aromatic heterocycles. The highest BCUT2D eigenvalue weighted by Gasteiger charge is 2.46. The highest BCUT2D eigenvalue weighted by Crippen LogP contribution is 2.38. The molecule has 1 aromatic carbocycles. The first kappa shape index (κ1) is 50.7. The maximum absolute atomic E-state index is 14.9. The number of hydrogen-bond donors (Lipinski definition) is 14. The number of aliphatic carboxylic acids is 1. The molecule has 1 unspecified atom stereocenters. The van der Waals surface area contributed by atoms with E-state index in [2.05, 4.69) is 42.5 Å². The molecule has 12 atom stereocenters. The molecule has 5 aliphatic heterocycles. The van der Waals surface area contributed by atoms with E-state index in [1.54, 1.807) is 60.8 Å². The summed E-state index contributed by atoms with van der Waals surface area (Å²) in [5.74, 6) is -9.72. The van der Waals surface area contributed by atoms with Crippen molar-refractivity contribution < 1.29 is 58.4 Å². The Morgan fingerprint density at radius 2 is 1.63 bits per heavy atom. The average Bonchev–Trinajstić information content (AvgIpc) is 3.96. The van der Waals surface area contributed by atoms with Crippen molar-refractivity contribution in [1.29, 1.82) is 0 Å². The molecule has 23 heteroatoms. The number of ether oxygens (including phenoxy) is 1. The van der Waals surface area contributed by atoms with Crippen molar-refractivity contribution in [3.8, 4) is 0 Å². The predicted octanol–water partition coefficient (Wildman–Crippen LogP) is -4.74. The second-order valence-corrected chi connectivity index (χ2v) is 17.8. The molecule has 8 rings (SSSR count). The summed E-state index contributed by atoms with van der Waals surface area (Å²) < 4.78 is 6.89. The molecule has 1 aromatic rings. The highest BCUT2D eigenvalue weighted by molar-refractivity contribution is 5.98. The minimum Gasteiger partial charge on any atom is -0.480 e. The minimum absolute atomic E-state index is 0.0551. The number of aliphatic hydroxyl groups is 2. The van der Waals surface area contributed by atoms with E-state index in [4.69, 9.17) is 21.9 Å². The predicted molar refractivity (Wildman–Crippen MR) is 248 cm³/mol. The number of amides is 7. The lowest BCUT2D eigenvalue weighted by Crippen LogP contribution is -2.64. The van der Waals surface area contributed by atoms with Gasteiger partial charge in [-0.2, -0.15) is 0 Å². The molecular formula is C47H59N11O12. The fourth-order valence-corrected chi connectivity index (χ4v) is 9.47. The lowest BCUT2D eigenvalue weighted by atomic mass is 9.78. The van der Waals surface area contributed by atoms with Gasteiger partial charge < -0.3 is 79.8 Å². The normalized spacial score (nSPS) is 29.3. The first-order valence-corrected chi connectivity index (χ1v) is 23.0. The summed E-state index contributed by atoms with van der Waals surface area (Å²) in [5.41, 5.74) is 21.4. The molecule has 0 radical (unpaired) electrons. The van der Waals surface area contributed by atoms with Crippen molar-refractivity contribution in [2.24, 2.45) is 29.0 Å². The van der Waals surface area contributed by atoms with Gasteiger partial charge in [0.05, 0.1) is 31.7 Å². The number of nitrogens with one attached hydrogen (secondary N) is 8. The summed E-state index contributed by atoms with van der Waals surface area (Å²) in [6.07, 6.45) is 10.1. The first-order chi connectivity index (χ1) is 33.6. The quantitative estimate of drug-likeness (QED) is 0.0833. The number of fused-ring (bicyclic) bond motifs is 6. The van der Waals surface area contributed by atoms with Gasteiger partial charge in [0.15, 0.2) is 0 Å². The van der Waals surface area contributed by atoms with Gasteiger partial charge in [-0.15, -0.1) is 0 Å². The number of carbonyl (C=O) groups excluding carboxylic acids is 7. The van der Waals surface area contributed by atoms with Crippen molar-refractivity contribution in [3.05, 3.63) is 107 Å². The molecule has 5 heterocycles. The molecule has 2 aliphatic carbocycles. The van der Waals surface area contributed by atoms with Crippen LogP contribution in [0.15, 0.2) is 101 Å². The number of carboxylic acid groups (broad SMARTS) is 1. The van der Waals surface area contributed by atoms with E-state index in [0.717, 1.165) is 5.57 Å². The van der Waals surface area contributed by atoms with Crippen LogP contribution < -0.4 is 59.7 Å². The summed E-state index contributed by atoms with van der Waals surface area (Å²) >= 11 is 0.